The summed E-state index contributed by atoms with van der Waals surface area (Å²) in [7, 11) is 0. The Hall–Kier alpha value is -1.84. The van der Waals surface area contributed by atoms with Gasteiger partial charge in [-0.1, -0.05) is 44.2 Å². The second-order valence-electron chi connectivity index (χ2n) is 5.43. The van der Waals surface area contributed by atoms with Crippen molar-refractivity contribution in [3.8, 4) is 0 Å². The SMILES string of the molecule is CC(C)CC1NC(=O)CN(Cc2ccccc2)C1=O. The van der Waals surface area contributed by atoms with Crippen LogP contribution < -0.4 is 5.32 Å². The lowest BCUT2D eigenvalue weighted by Gasteiger charge is -2.33. The summed E-state index contributed by atoms with van der Waals surface area (Å²) in [6.07, 6.45) is 0.690. The molecule has 1 heterocycles. The lowest BCUT2D eigenvalue weighted by Crippen LogP contribution is -2.57. The van der Waals surface area contributed by atoms with E-state index in [1.807, 2.05) is 30.3 Å². The zero-order valence-corrected chi connectivity index (χ0v) is 11.4. The van der Waals surface area contributed by atoms with Gasteiger partial charge in [0.15, 0.2) is 0 Å². The van der Waals surface area contributed by atoms with Crippen molar-refractivity contribution in [2.24, 2.45) is 5.92 Å². The first-order valence-electron chi connectivity index (χ1n) is 6.68. The van der Waals surface area contributed by atoms with Gasteiger partial charge in [-0.15, -0.1) is 0 Å². The van der Waals surface area contributed by atoms with Crippen LogP contribution in [0.3, 0.4) is 0 Å². The van der Waals surface area contributed by atoms with Crippen LogP contribution in [-0.4, -0.2) is 29.3 Å². The molecule has 1 saturated heterocycles. The third-order valence-electron chi connectivity index (χ3n) is 3.20. The summed E-state index contributed by atoms with van der Waals surface area (Å²) in [5.74, 6) is 0.337. The Bertz CT molecular complexity index is 456. The first-order chi connectivity index (χ1) is 9.06. The quantitative estimate of drug-likeness (QED) is 0.893. The summed E-state index contributed by atoms with van der Waals surface area (Å²) >= 11 is 0. The number of hydrogen-bond acceptors (Lipinski definition) is 2. The number of nitrogens with zero attached hydrogens (tertiary/aromatic N) is 1. The average Bonchev–Trinajstić information content (AvgIpc) is 2.35. The topological polar surface area (TPSA) is 49.4 Å². The normalized spacial score (nSPS) is 19.7. The first kappa shape index (κ1) is 13.6. The van der Waals surface area contributed by atoms with Gasteiger partial charge in [0.05, 0.1) is 6.54 Å². The molecule has 1 aliphatic rings. The van der Waals surface area contributed by atoms with E-state index in [1.165, 1.54) is 0 Å². The zero-order valence-electron chi connectivity index (χ0n) is 11.4. The maximum absolute atomic E-state index is 12.3. The largest absolute Gasteiger partial charge is 0.343 e. The summed E-state index contributed by atoms with van der Waals surface area (Å²) in [6, 6.07) is 9.39. The third-order valence-corrected chi connectivity index (χ3v) is 3.20. The highest BCUT2D eigenvalue weighted by atomic mass is 16.2. The molecule has 2 rings (SSSR count). The fourth-order valence-corrected chi connectivity index (χ4v) is 2.34. The van der Waals surface area contributed by atoms with E-state index in [-0.39, 0.29) is 24.4 Å². The van der Waals surface area contributed by atoms with Gasteiger partial charge in [-0.2, -0.15) is 0 Å². The van der Waals surface area contributed by atoms with Gasteiger partial charge in [-0.3, -0.25) is 9.59 Å². The highest BCUT2D eigenvalue weighted by Crippen LogP contribution is 2.14. The minimum atomic E-state index is -0.370. The van der Waals surface area contributed by atoms with Crippen LogP contribution in [0.4, 0.5) is 0 Å². The van der Waals surface area contributed by atoms with E-state index in [0.29, 0.717) is 18.9 Å². The molecule has 0 radical (unpaired) electrons. The van der Waals surface area contributed by atoms with Gasteiger partial charge >= 0.3 is 0 Å². The van der Waals surface area contributed by atoms with E-state index in [1.54, 1.807) is 4.90 Å². The zero-order chi connectivity index (χ0) is 13.8. The van der Waals surface area contributed by atoms with E-state index in [2.05, 4.69) is 19.2 Å². The van der Waals surface area contributed by atoms with Crippen LogP contribution in [0.15, 0.2) is 30.3 Å². The molecule has 1 unspecified atom stereocenters. The highest BCUT2D eigenvalue weighted by molar-refractivity contribution is 5.94. The van der Waals surface area contributed by atoms with E-state index in [4.69, 9.17) is 0 Å². The van der Waals surface area contributed by atoms with Crippen LogP contribution in [-0.2, 0) is 16.1 Å². The predicted octanol–water partition coefficient (Wildman–Crippen LogP) is 1.56. The van der Waals surface area contributed by atoms with Crippen LogP contribution in [0.2, 0.25) is 0 Å². The molecular weight excluding hydrogens is 240 g/mol. The van der Waals surface area contributed by atoms with Gasteiger partial charge in [0, 0.05) is 6.54 Å². The summed E-state index contributed by atoms with van der Waals surface area (Å²) < 4.78 is 0. The van der Waals surface area contributed by atoms with Gasteiger partial charge < -0.3 is 10.2 Å². The number of carbonyl (C=O) groups excluding carboxylic acids is 2. The molecule has 1 aliphatic heterocycles. The maximum Gasteiger partial charge on any atom is 0.245 e. The molecule has 4 nitrogen and oxygen atoms in total. The molecule has 0 spiro atoms. The van der Waals surface area contributed by atoms with Crippen molar-refractivity contribution in [1.82, 2.24) is 10.2 Å². The first-order valence-corrected chi connectivity index (χ1v) is 6.68. The molecule has 19 heavy (non-hydrogen) atoms. The van der Waals surface area contributed by atoms with Crippen molar-refractivity contribution in [3.63, 3.8) is 0 Å². The Labute approximate surface area is 113 Å². The predicted molar refractivity (Wildman–Crippen MR) is 73.2 cm³/mol. The fourth-order valence-electron chi connectivity index (χ4n) is 2.34. The molecule has 1 N–H and O–H groups in total. The maximum atomic E-state index is 12.3. The molecule has 0 aromatic heterocycles. The Morgan fingerprint density at radius 1 is 1.26 bits per heavy atom. The van der Waals surface area contributed by atoms with Crippen LogP contribution in [0.5, 0.6) is 0 Å². The molecule has 1 aromatic rings. The Morgan fingerprint density at radius 2 is 1.95 bits per heavy atom. The van der Waals surface area contributed by atoms with Crippen molar-refractivity contribution in [3.05, 3.63) is 35.9 Å². The van der Waals surface area contributed by atoms with Gasteiger partial charge in [0.2, 0.25) is 11.8 Å². The summed E-state index contributed by atoms with van der Waals surface area (Å²) in [4.78, 5) is 25.7. The molecule has 0 bridgehead atoms. The van der Waals surface area contributed by atoms with Gasteiger partial charge in [0.1, 0.15) is 6.04 Å². The van der Waals surface area contributed by atoms with Gasteiger partial charge in [-0.25, -0.2) is 0 Å². The molecule has 1 atom stereocenters. The number of nitrogens with one attached hydrogen (secondary N) is 1. The minimum absolute atomic E-state index is 0.0251. The average molecular weight is 260 g/mol. The lowest BCUT2D eigenvalue weighted by atomic mass is 10.0. The van der Waals surface area contributed by atoms with Crippen molar-refractivity contribution < 1.29 is 9.59 Å². The number of hydrogen-bond donors (Lipinski definition) is 1. The number of rotatable bonds is 4. The highest BCUT2D eigenvalue weighted by Gasteiger charge is 2.32. The Balaban J connectivity index is 2.07. The fraction of sp³-hybridized carbons (Fsp3) is 0.467. The molecule has 102 valence electrons. The molecule has 1 aromatic carbocycles. The van der Waals surface area contributed by atoms with Gasteiger partial charge in [-0.05, 0) is 17.9 Å². The van der Waals surface area contributed by atoms with Crippen molar-refractivity contribution in [2.45, 2.75) is 32.9 Å². The number of amides is 2. The monoisotopic (exact) mass is 260 g/mol. The Kier molecular flexibility index (Phi) is 4.20. The van der Waals surface area contributed by atoms with Crippen LogP contribution >= 0.6 is 0 Å². The molecule has 2 amide bonds. The molecule has 4 heteroatoms. The second-order valence-corrected chi connectivity index (χ2v) is 5.43. The van der Waals surface area contributed by atoms with Crippen LogP contribution in [0, 0.1) is 5.92 Å². The summed E-state index contributed by atoms with van der Waals surface area (Å²) in [5.41, 5.74) is 1.05. The van der Waals surface area contributed by atoms with E-state index in [9.17, 15) is 9.59 Å². The molecule has 0 saturated carbocycles. The van der Waals surface area contributed by atoms with E-state index in [0.717, 1.165) is 5.56 Å². The molecule has 0 aliphatic carbocycles. The standard InChI is InChI=1S/C15H20N2O2/c1-11(2)8-13-15(19)17(10-14(18)16-13)9-12-6-4-3-5-7-12/h3-7,11,13H,8-10H2,1-2H3,(H,16,18). The second kappa shape index (κ2) is 5.87. The van der Waals surface area contributed by atoms with Crippen LogP contribution in [0.25, 0.3) is 0 Å². The van der Waals surface area contributed by atoms with E-state index < -0.39 is 0 Å². The molecule has 1 fully saturated rings. The van der Waals surface area contributed by atoms with Crippen molar-refractivity contribution in [2.75, 3.05) is 6.54 Å². The third kappa shape index (κ3) is 3.56. The minimum Gasteiger partial charge on any atom is -0.343 e. The van der Waals surface area contributed by atoms with E-state index >= 15 is 0 Å². The number of benzene rings is 1. The number of carbonyl (C=O) groups is 2. The lowest BCUT2D eigenvalue weighted by molar-refractivity contribution is -0.145. The molecular formula is C15H20N2O2. The van der Waals surface area contributed by atoms with Crippen LogP contribution in [0.1, 0.15) is 25.8 Å². The van der Waals surface area contributed by atoms with Gasteiger partial charge in [0.25, 0.3) is 0 Å². The van der Waals surface area contributed by atoms with Crippen molar-refractivity contribution >= 4 is 11.8 Å². The van der Waals surface area contributed by atoms with Crippen molar-refractivity contribution in [1.29, 1.82) is 0 Å². The smallest absolute Gasteiger partial charge is 0.245 e. The summed E-state index contributed by atoms with van der Waals surface area (Å²) in [6.45, 7) is 4.76. The Morgan fingerprint density at radius 3 is 2.58 bits per heavy atom. The summed E-state index contributed by atoms with van der Waals surface area (Å²) in [5, 5.41) is 2.78. The number of piperazine rings is 1.